The summed E-state index contributed by atoms with van der Waals surface area (Å²) in [5.41, 5.74) is 1.92. The van der Waals surface area contributed by atoms with E-state index in [0.717, 1.165) is 37.8 Å². The molecule has 4 rings (SSSR count). The number of benzene rings is 1. The van der Waals surface area contributed by atoms with Crippen LogP contribution in [-0.4, -0.2) is 19.6 Å². The second kappa shape index (κ2) is 6.74. The lowest BCUT2D eigenvalue weighted by Gasteiger charge is -2.08. The third-order valence-corrected chi connectivity index (χ3v) is 6.24. The smallest absolute Gasteiger partial charge is 0.214 e. The number of rotatable bonds is 5. The van der Waals surface area contributed by atoms with Gasteiger partial charge in [-0.1, -0.05) is 42.0 Å². The van der Waals surface area contributed by atoms with Crippen molar-refractivity contribution in [2.45, 2.75) is 26.3 Å². The van der Waals surface area contributed by atoms with Crippen LogP contribution in [0.3, 0.4) is 0 Å². The number of nitrogens with zero attached hydrogens (tertiary/aromatic N) is 4. The van der Waals surface area contributed by atoms with Gasteiger partial charge in [-0.3, -0.25) is 0 Å². The van der Waals surface area contributed by atoms with E-state index in [0.29, 0.717) is 0 Å². The lowest BCUT2D eigenvalue weighted by atomic mass is 10.2. The molecule has 0 fully saturated rings. The molecule has 128 valence electrons. The van der Waals surface area contributed by atoms with Gasteiger partial charge in [0.25, 0.3) is 0 Å². The Balaban J connectivity index is 1.53. The molecule has 1 aromatic carbocycles. The number of hydrogen-bond donors (Lipinski definition) is 1. The SMILES string of the molecule is CCc1cnc(C(C)Nc2nn3cc(-c4ccc(Cl)cc4)nc3s2)s1. The first-order valence-corrected chi connectivity index (χ1v) is 9.96. The minimum absolute atomic E-state index is 0.122. The van der Waals surface area contributed by atoms with E-state index in [-0.39, 0.29) is 6.04 Å². The highest BCUT2D eigenvalue weighted by atomic mass is 35.5. The highest BCUT2D eigenvalue weighted by molar-refractivity contribution is 7.20. The van der Waals surface area contributed by atoms with Crippen molar-refractivity contribution >= 4 is 44.4 Å². The maximum absolute atomic E-state index is 5.94. The van der Waals surface area contributed by atoms with Gasteiger partial charge in [0, 0.05) is 21.7 Å². The second-order valence-corrected chi connectivity index (χ2v) is 8.19. The Bertz CT molecular complexity index is 970. The molecule has 0 spiro atoms. The minimum Gasteiger partial charge on any atom is -0.351 e. The number of hydrogen-bond acceptors (Lipinski definition) is 6. The molecule has 1 N–H and O–H groups in total. The van der Waals surface area contributed by atoms with E-state index in [1.807, 2.05) is 41.2 Å². The van der Waals surface area contributed by atoms with Crippen molar-refractivity contribution in [1.82, 2.24) is 19.6 Å². The van der Waals surface area contributed by atoms with Crippen molar-refractivity contribution in [2.24, 2.45) is 0 Å². The molecule has 0 amide bonds. The van der Waals surface area contributed by atoms with Gasteiger partial charge in [-0.25, -0.2) is 14.5 Å². The predicted molar refractivity (Wildman–Crippen MR) is 105 cm³/mol. The first kappa shape index (κ1) is 16.5. The van der Waals surface area contributed by atoms with E-state index in [1.54, 1.807) is 11.3 Å². The quantitative estimate of drug-likeness (QED) is 0.503. The van der Waals surface area contributed by atoms with Crippen LogP contribution in [0.15, 0.2) is 36.7 Å². The molecule has 0 aliphatic carbocycles. The Morgan fingerprint density at radius 3 is 2.72 bits per heavy atom. The normalized spacial score (nSPS) is 12.6. The molecule has 0 radical (unpaired) electrons. The second-order valence-electron chi connectivity index (χ2n) is 5.65. The predicted octanol–water partition coefficient (Wildman–Crippen LogP) is 5.30. The molecule has 1 unspecified atom stereocenters. The van der Waals surface area contributed by atoms with Gasteiger partial charge >= 0.3 is 0 Å². The van der Waals surface area contributed by atoms with Crippen LogP contribution in [0.1, 0.15) is 29.8 Å². The summed E-state index contributed by atoms with van der Waals surface area (Å²) in [6, 6.07) is 7.78. The monoisotopic (exact) mass is 389 g/mol. The average Bonchev–Trinajstić information content (AvgIpc) is 3.29. The van der Waals surface area contributed by atoms with Crippen molar-refractivity contribution in [3.8, 4) is 11.3 Å². The van der Waals surface area contributed by atoms with Crippen LogP contribution < -0.4 is 5.32 Å². The molecule has 5 nitrogen and oxygen atoms in total. The number of imidazole rings is 1. The van der Waals surface area contributed by atoms with Crippen molar-refractivity contribution in [1.29, 1.82) is 0 Å². The van der Waals surface area contributed by atoms with Crippen molar-refractivity contribution in [2.75, 3.05) is 5.32 Å². The van der Waals surface area contributed by atoms with Crippen LogP contribution in [0, 0.1) is 0 Å². The molecule has 0 aliphatic rings. The van der Waals surface area contributed by atoms with E-state index in [1.165, 1.54) is 16.2 Å². The van der Waals surface area contributed by atoms with E-state index >= 15 is 0 Å². The number of aromatic nitrogens is 4. The van der Waals surface area contributed by atoms with E-state index in [2.05, 4.69) is 34.2 Å². The molecule has 1 atom stereocenters. The van der Waals surface area contributed by atoms with Crippen molar-refractivity contribution in [3.05, 3.63) is 51.6 Å². The molecule has 0 bridgehead atoms. The fourth-order valence-electron chi connectivity index (χ4n) is 2.45. The van der Waals surface area contributed by atoms with Gasteiger partial charge in [0.1, 0.15) is 5.01 Å². The molecular formula is C17H16ClN5S2. The van der Waals surface area contributed by atoms with Crippen LogP contribution in [0.25, 0.3) is 16.2 Å². The summed E-state index contributed by atoms with van der Waals surface area (Å²) >= 11 is 9.21. The Labute approximate surface area is 158 Å². The summed E-state index contributed by atoms with van der Waals surface area (Å²) in [7, 11) is 0. The Kier molecular flexibility index (Phi) is 4.45. The standard InChI is InChI=1S/C17H16ClN5S2/c1-3-13-8-19-15(24-13)10(2)20-16-22-23-9-14(21-17(23)25-16)11-4-6-12(18)7-5-11/h4-10H,3H2,1-2H3,(H,20,22). The van der Waals surface area contributed by atoms with Gasteiger partial charge in [0.15, 0.2) is 0 Å². The van der Waals surface area contributed by atoms with E-state index < -0.39 is 0 Å². The number of fused-ring (bicyclic) bond motifs is 1. The molecule has 3 aromatic heterocycles. The summed E-state index contributed by atoms with van der Waals surface area (Å²) in [6.45, 7) is 4.24. The van der Waals surface area contributed by atoms with Crippen molar-refractivity contribution in [3.63, 3.8) is 0 Å². The maximum atomic E-state index is 5.94. The third-order valence-electron chi connectivity index (χ3n) is 3.81. The number of nitrogens with one attached hydrogen (secondary N) is 1. The number of thiazole rings is 1. The van der Waals surface area contributed by atoms with Crippen molar-refractivity contribution < 1.29 is 0 Å². The van der Waals surface area contributed by atoms with Gasteiger partial charge in [-0.05, 0) is 25.5 Å². The first-order valence-electron chi connectivity index (χ1n) is 7.95. The fraction of sp³-hybridized carbons (Fsp3) is 0.235. The Morgan fingerprint density at radius 2 is 2.04 bits per heavy atom. The Hall–Kier alpha value is -1.96. The first-order chi connectivity index (χ1) is 12.1. The summed E-state index contributed by atoms with van der Waals surface area (Å²) in [5, 5.41) is 10.6. The number of aryl methyl sites for hydroxylation is 1. The van der Waals surface area contributed by atoms with Gasteiger partial charge in [-0.2, -0.15) is 0 Å². The van der Waals surface area contributed by atoms with Gasteiger partial charge < -0.3 is 5.32 Å². The van der Waals surface area contributed by atoms with Crippen LogP contribution in [-0.2, 0) is 6.42 Å². The van der Waals surface area contributed by atoms with Crippen LogP contribution in [0.2, 0.25) is 5.02 Å². The maximum Gasteiger partial charge on any atom is 0.214 e. The summed E-state index contributed by atoms with van der Waals surface area (Å²) < 4.78 is 1.81. The third kappa shape index (κ3) is 3.40. The van der Waals surface area contributed by atoms with Crippen LogP contribution >= 0.6 is 34.3 Å². The highest BCUT2D eigenvalue weighted by Gasteiger charge is 2.14. The molecule has 25 heavy (non-hydrogen) atoms. The summed E-state index contributed by atoms with van der Waals surface area (Å²) in [4.78, 5) is 11.3. The zero-order valence-electron chi connectivity index (χ0n) is 13.7. The zero-order chi connectivity index (χ0) is 17.4. The highest BCUT2D eigenvalue weighted by Crippen LogP contribution is 2.28. The summed E-state index contributed by atoms with van der Waals surface area (Å²) in [5.74, 6) is 0. The lowest BCUT2D eigenvalue weighted by molar-refractivity contribution is 0.851. The molecule has 8 heteroatoms. The van der Waals surface area contributed by atoms with Gasteiger partial charge in [0.05, 0.1) is 17.9 Å². The number of halogens is 1. The fourth-order valence-corrected chi connectivity index (χ4v) is 4.31. The van der Waals surface area contributed by atoms with Gasteiger partial charge in [0.2, 0.25) is 10.1 Å². The zero-order valence-corrected chi connectivity index (χ0v) is 16.1. The van der Waals surface area contributed by atoms with Gasteiger partial charge in [-0.15, -0.1) is 16.4 Å². The van der Waals surface area contributed by atoms with Crippen LogP contribution in [0.4, 0.5) is 5.13 Å². The molecule has 3 heterocycles. The van der Waals surface area contributed by atoms with E-state index in [9.17, 15) is 0 Å². The topological polar surface area (TPSA) is 55.1 Å². The summed E-state index contributed by atoms with van der Waals surface area (Å²) in [6.07, 6.45) is 4.90. The number of anilines is 1. The molecule has 4 aromatic rings. The Morgan fingerprint density at radius 1 is 1.24 bits per heavy atom. The average molecular weight is 390 g/mol. The molecule has 0 saturated carbocycles. The largest absolute Gasteiger partial charge is 0.351 e. The van der Waals surface area contributed by atoms with E-state index in [4.69, 9.17) is 11.6 Å². The minimum atomic E-state index is 0.122. The lowest BCUT2D eigenvalue weighted by Crippen LogP contribution is -2.06. The molecular weight excluding hydrogens is 374 g/mol. The molecule has 0 saturated heterocycles. The van der Waals surface area contributed by atoms with Crippen LogP contribution in [0.5, 0.6) is 0 Å². The molecule has 0 aliphatic heterocycles.